The van der Waals surface area contributed by atoms with Crippen molar-refractivity contribution in [1.82, 2.24) is 14.5 Å². The molecule has 0 bridgehead atoms. The van der Waals surface area contributed by atoms with Gasteiger partial charge in [0.1, 0.15) is 6.04 Å². The third-order valence-electron chi connectivity index (χ3n) is 6.18. The fraction of sp³-hybridized carbons (Fsp3) is 0.310. The Morgan fingerprint density at radius 3 is 1.97 bits per heavy atom. The van der Waals surface area contributed by atoms with Crippen LogP contribution in [0.2, 0.25) is 0 Å². The van der Waals surface area contributed by atoms with Crippen molar-refractivity contribution >= 4 is 21.8 Å². The van der Waals surface area contributed by atoms with Crippen LogP contribution in [0.4, 0.5) is 0 Å². The largest absolute Gasteiger partial charge is 0.355 e. The Kier molecular flexibility index (Phi) is 9.60. The number of rotatable bonds is 11. The summed E-state index contributed by atoms with van der Waals surface area (Å²) in [6.45, 7) is 5.87. The summed E-state index contributed by atoms with van der Waals surface area (Å²) in [5.41, 5.74) is 3.77. The zero-order chi connectivity index (χ0) is 27.0. The van der Waals surface area contributed by atoms with Crippen LogP contribution >= 0.6 is 0 Å². The van der Waals surface area contributed by atoms with Gasteiger partial charge in [0.15, 0.2) is 0 Å². The first-order valence-electron chi connectivity index (χ1n) is 12.3. The molecule has 3 aromatic rings. The number of nitrogens with zero attached hydrogens (tertiary/aromatic N) is 2. The summed E-state index contributed by atoms with van der Waals surface area (Å²) in [4.78, 5) is 28.6. The zero-order valence-electron chi connectivity index (χ0n) is 21.8. The average Bonchev–Trinajstić information content (AvgIpc) is 2.88. The lowest BCUT2D eigenvalue weighted by Gasteiger charge is -2.32. The summed E-state index contributed by atoms with van der Waals surface area (Å²) in [5.74, 6) is -0.734. The number of hydrogen-bond donors (Lipinski definition) is 1. The van der Waals surface area contributed by atoms with Crippen molar-refractivity contribution in [2.75, 3.05) is 20.1 Å². The molecule has 0 unspecified atom stereocenters. The first kappa shape index (κ1) is 28.1. The lowest BCUT2D eigenvalue weighted by molar-refractivity contribution is -0.141. The summed E-state index contributed by atoms with van der Waals surface area (Å²) in [7, 11) is -2.51. The minimum absolute atomic E-state index is 0.114. The van der Waals surface area contributed by atoms with E-state index in [0.29, 0.717) is 13.0 Å². The Labute approximate surface area is 220 Å². The molecule has 37 heavy (non-hydrogen) atoms. The molecule has 2 amide bonds. The topological polar surface area (TPSA) is 86.8 Å². The fourth-order valence-electron chi connectivity index (χ4n) is 3.99. The van der Waals surface area contributed by atoms with Gasteiger partial charge in [0.2, 0.25) is 21.8 Å². The molecule has 1 N–H and O–H groups in total. The lowest BCUT2D eigenvalue weighted by Crippen LogP contribution is -2.53. The van der Waals surface area contributed by atoms with E-state index >= 15 is 0 Å². The minimum Gasteiger partial charge on any atom is -0.355 e. The zero-order valence-corrected chi connectivity index (χ0v) is 22.7. The van der Waals surface area contributed by atoms with E-state index in [-0.39, 0.29) is 17.3 Å². The number of nitrogens with one attached hydrogen (secondary N) is 1. The molecule has 8 heteroatoms. The Morgan fingerprint density at radius 1 is 0.838 bits per heavy atom. The molecule has 0 spiro atoms. The number of benzene rings is 3. The molecular weight excluding hydrogens is 486 g/mol. The number of carbonyl (C=O) groups excluding carboxylic acids is 2. The van der Waals surface area contributed by atoms with Gasteiger partial charge in [0, 0.05) is 26.6 Å². The van der Waals surface area contributed by atoms with Crippen LogP contribution in [0.15, 0.2) is 83.8 Å². The molecule has 196 valence electrons. The Bertz CT molecular complexity index is 1290. The molecule has 3 rings (SSSR count). The van der Waals surface area contributed by atoms with Gasteiger partial charge in [-0.1, -0.05) is 77.9 Å². The quantitative estimate of drug-likeness (QED) is 0.417. The molecule has 3 aromatic carbocycles. The minimum atomic E-state index is -3.89. The van der Waals surface area contributed by atoms with Crippen molar-refractivity contribution in [3.05, 3.63) is 101 Å². The Balaban J connectivity index is 1.94. The van der Waals surface area contributed by atoms with E-state index in [9.17, 15) is 18.0 Å². The van der Waals surface area contributed by atoms with Crippen molar-refractivity contribution in [2.24, 2.45) is 0 Å². The molecular formula is C29H35N3O4S. The SMILES string of the molecule is CCNC(=O)[C@@H](Cc1ccccc1)N(Cc1ccc(C)cc1)C(=O)CN(C)S(=O)(=O)c1ccc(C)cc1. The van der Waals surface area contributed by atoms with E-state index < -0.39 is 28.5 Å². The first-order chi connectivity index (χ1) is 17.6. The number of hydrogen-bond acceptors (Lipinski definition) is 4. The van der Waals surface area contributed by atoms with Crippen LogP contribution in [0.3, 0.4) is 0 Å². The van der Waals surface area contributed by atoms with Crippen LogP contribution in [-0.2, 0) is 32.6 Å². The molecule has 0 aromatic heterocycles. The fourth-order valence-corrected chi connectivity index (χ4v) is 5.11. The molecule has 0 saturated carbocycles. The first-order valence-corrected chi connectivity index (χ1v) is 13.8. The van der Waals surface area contributed by atoms with E-state index in [2.05, 4.69) is 5.32 Å². The second kappa shape index (κ2) is 12.7. The lowest BCUT2D eigenvalue weighted by atomic mass is 10.0. The maximum Gasteiger partial charge on any atom is 0.243 e. The monoisotopic (exact) mass is 521 g/mol. The number of amides is 2. The molecule has 0 aliphatic rings. The Morgan fingerprint density at radius 2 is 1.41 bits per heavy atom. The van der Waals surface area contributed by atoms with E-state index in [1.165, 1.54) is 24.1 Å². The molecule has 1 atom stereocenters. The molecule has 0 saturated heterocycles. The van der Waals surface area contributed by atoms with Crippen LogP contribution < -0.4 is 5.32 Å². The van der Waals surface area contributed by atoms with Crippen LogP contribution in [0.1, 0.15) is 29.2 Å². The standard InChI is InChI=1S/C29H35N3O4S/c1-5-30-29(34)27(19-24-9-7-6-8-10-24)32(20-25-15-11-22(2)12-16-25)28(33)21-31(4)37(35,36)26-17-13-23(3)14-18-26/h6-18,27H,5,19-21H2,1-4H3,(H,30,34)/t27-/m1/s1. The van der Waals surface area contributed by atoms with Crippen molar-refractivity contribution in [3.8, 4) is 0 Å². The van der Waals surface area contributed by atoms with Gasteiger partial charge in [-0.2, -0.15) is 4.31 Å². The summed E-state index contributed by atoms with van der Waals surface area (Å²) >= 11 is 0. The second-order valence-corrected chi connectivity index (χ2v) is 11.2. The van der Waals surface area contributed by atoms with Crippen molar-refractivity contribution < 1.29 is 18.0 Å². The van der Waals surface area contributed by atoms with E-state index in [1.807, 2.05) is 75.4 Å². The average molecular weight is 522 g/mol. The van der Waals surface area contributed by atoms with Crippen LogP contribution in [0.5, 0.6) is 0 Å². The third kappa shape index (κ3) is 7.50. The van der Waals surface area contributed by atoms with Gasteiger partial charge in [-0.05, 0) is 44.0 Å². The summed E-state index contributed by atoms with van der Waals surface area (Å²) < 4.78 is 27.4. The second-order valence-electron chi connectivity index (χ2n) is 9.18. The number of likely N-dealkylation sites (N-methyl/N-ethyl adjacent to an activating group) is 2. The van der Waals surface area contributed by atoms with Gasteiger partial charge in [0.25, 0.3) is 0 Å². The maximum absolute atomic E-state index is 13.7. The molecule has 0 radical (unpaired) electrons. The summed E-state index contributed by atoms with van der Waals surface area (Å²) in [6.07, 6.45) is 0.304. The van der Waals surface area contributed by atoms with Crippen LogP contribution in [0, 0.1) is 13.8 Å². The predicted molar refractivity (Wildman–Crippen MR) is 145 cm³/mol. The molecule has 0 aliphatic heterocycles. The highest BCUT2D eigenvalue weighted by atomic mass is 32.2. The van der Waals surface area contributed by atoms with Crippen molar-refractivity contribution in [2.45, 2.75) is 44.7 Å². The molecule has 0 fully saturated rings. The van der Waals surface area contributed by atoms with Crippen LogP contribution in [0.25, 0.3) is 0 Å². The molecule has 7 nitrogen and oxygen atoms in total. The predicted octanol–water partition coefficient (Wildman–Crippen LogP) is 3.70. The highest BCUT2D eigenvalue weighted by Crippen LogP contribution is 2.19. The Hall–Kier alpha value is -3.49. The van der Waals surface area contributed by atoms with Gasteiger partial charge in [0.05, 0.1) is 11.4 Å². The van der Waals surface area contributed by atoms with E-state index in [1.54, 1.807) is 12.1 Å². The van der Waals surface area contributed by atoms with Gasteiger partial charge in [-0.15, -0.1) is 0 Å². The number of carbonyl (C=O) groups is 2. The van der Waals surface area contributed by atoms with Gasteiger partial charge >= 0.3 is 0 Å². The highest BCUT2D eigenvalue weighted by molar-refractivity contribution is 7.89. The highest BCUT2D eigenvalue weighted by Gasteiger charge is 2.32. The van der Waals surface area contributed by atoms with Crippen molar-refractivity contribution in [1.29, 1.82) is 0 Å². The van der Waals surface area contributed by atoms with Gasteiger partial charge in [-0.3, -0.25) is 9.59 Å². The maximum atomic E-state index is 13.7. The molecule has 0 heterocycles. The van der Waals surface area contributed by atoms with Crippen molar-refractivity contribution in [3.63, 3.8) is 0 Å². The number of sulfonamides is 1. The summed E-state index contributed by atoms with van der Waals surface area (Å²) in [6, 6.07) is 22.9. The normalized spacial score (nSPS) is 12.2. The number of aryl methyl sites for hydroxylation is 2. The smallest absolute Gasteiger partial charge is 0.243 e. The van der Waals surface area contributed by atoms with Crippen LogP contribution in [-0.4, -0.2) is 55.6 Å². The summed E-state index contributed by atoms with van der Waals surface area (Å²) in [5, 5.41) is 2.85. The van der Waals surface area contributed by atoms with E-state index in [0.717, 1.165) is 26.6 Å². The van der Waals surface area contributed by atoms with Gasteiger partial charge in [-0.25, -0.2) is 8.42 Å². The van der Waals surface area contributed by atoms with Gasteiger partial charge < -0.3 is 10.2 Å². The van der Waals surface area contributed by atoms with E-state index in [4.69, 9.17) is 0 Å². The molecule has 0 aliphatic carbocycles. The third-order valence-corrected chi connectivity index (χ3v) is 8.00.